The molecule has 0 aromatic carbocycles. The molecule has 4 heterocycles. The van der Waals surface area contributed by atoms with E-state index < -0.39 is 0 Å². The Morgan fingerprint density at radius 1 is 1.25 bits per heavy atom. The molecule has 4 aromatic heterocycles. The number of aromatic amines is 1. The van der Waals surface area contributed by atoms with Crippen molar-refractivity contribution in [2.24, 2.45) is 0 Å². The van der Waals surface area contributed by atoms with Crippen molar-refractivity contribution >= 4 is 17.0 Å². The van der Waals surface area contributed by atoms with Gasteiger partial charge >= 0.3 is 0 Å². The largest absolute Gasteiger partial charge is 0.383 e. The zero-order chi connectivity index (χ0) is 19.5. The average Bonchev–Trinajstić information content (AvgIpc) is 3.35. The van der Waals surface area contributed by atoms with E-state index in [2.05, 4.69) is 45.2 Å². The summed E-state index contributed by atoms with van der Waals surface area (Å²) in [6, 6.07) is 6.23. The molecule has 0 atom stereocenters. The Balaban J connectivity index is 1.77. The molecule has 0 aliphatic heterocycles. The molecule has 0 bridgehead atoms. The maximum atomic E-state index is 5.07. The van der Waals surface area contributed by atoms with Gasteiger partial charge in [-0.1, -0.05) is 0 Å². The van der Waals surface area contributed by atoms with Crippen LogP contribution in [0.15, 0.2) is 43.0 Å². The molecule has 0 unspecified atom stereocenters. The standard InChI is InChI=1S/C20H23N7O/c1-13(2)27-12-16(17-5-7-22-20(25-17)23-8-9-28-3)18(26-27)15-10-14-4-6-21-19(14)24-11-15/h4-7,10-13H,8-9H2,1-3H3,(H,21,24)(H,22,23,25). The van der Waals surface area contributed by atoms with Gasteiger partial charge in [-0.15, -0.1) is 0 Å². The predicted molar refractivity (Wildman–Crippen MR) is 109 cm³/mol. The maximum absolute atomic E-state index is 5.07. The molecule has 144 valence electrons. The second kappa shape index (κ2) is 7.77. The van der Waals surface area contributed by atoms with E-state index in [0.29, 0.717) is 19.1 Å². The van der Waals surface area contributed by atoms with Crippen LogP contribution in [0.4, 0.5) is 5.95 Å². The lowest BCUT2D eigenvalue weighted by atomic mass is 10.1. The van der Waals surface area contributed by atoms with Crippen molar-refractivity contribution in [1.29, 1.82) is 0 Å². The third kappa shape index (κ3) is 3.59. The van der Waals surface area contributed by atoms with Crippen LogP contribution < -0.4 is 5.32 Å². The van der Waals surface area contributed by atoms with Gasteiger partial charge in [0.2, 0.25) is 5.95 Å². The summed E-state index contributed by atoms with van der Waals surface area (Å²) in [7, 11) is 1.67. The summed E-state index contributed by atoms with van der Waals surface area (Å²) in [5.41, 5.74) is 4.42. The molecule has 8 heteroatoms. The lowest BCUT2D eigenvalue weighted by Gasteiger charge is -2.06. The fraction of sp³-hybridized carbons (Fsp3) is 0.300. The number of H-pyrrole nitrogens is 1. The number of pyridine rings is 1. The van der Waals surface area contributed by atoms with Gasteiger partial charge in [0, 0.05) is 61.0 Å². The fourth-order valence-electron chi connectivity index (χ4n) is 2.98. The Kier molecular flexibility index (Phi) is 5.03. The third-order valence-corrected chi connectivity index (χ3v) is 4.46. The van der Waals surface area contributed by atoms with Crippen molar-refractivity contribution in [2.75, 3.05) is 25.6 Å². The number of fused-ring (bicyclic) bond motifs is 1. The van der Waals surface area contributed by atoms with E-state index in [4.69, 9.17) is 9.84 Å². The van der Waals surface area contributed by atoms with Crippen molar-refractivity contribution in [1.82, 2.24) is 29.7 Å². The smallest absolute Gasteiger partial charge is 0.223 e. The van der Waals surface area contributed by atoms with Crippen LogP contribution in [0.3, 0.4) is 0 Å². The number of ether oxygens (including phenoxy) is 1. The van der Waals surface area contributed by atoms with Gasteiger partial charge in [0.05, 0.1) is 12.3 Å². The molecule has 4 rings (SSSR count). The number of nitrogens with zero attached hydrogens (tertiary/aromatic N) is 5. The van der Waals surface area contributed by atoms with Crippen LogP contribution in [0.2, 0.25) is 0 Å². The molecule has 0 saturated carbocycles. The van der Waals surface area contributed by atoms with Crippen LogP contribution in [0.25, 0.3) is 33.5 Å². The molecule has 8 nitrogen and oxygen atoms in total. The highest BCUT2D eigenvalue weighted by atomic mass is 16.5. The van der Waals surface area contributed by atoms with Gasteiger partial charge < -0.3 is 15.0 Å². The average molecular weight is 377 g/mol. The lowest BCUT2D eigenvalue weighted by molar-refractivity contribution is 0.210. The molecule has 0 fully saturated rings. The van der Waals surface area contributed by atoms with Gasteiger partial charge in [0.1, 0.15) is 11.3 Å². The van der Waals surface area contributed by atoms with Gasteiger partial charge in [0.15, 0.2) is 0 Å². The minimum absolute atomic E-state index is 0.234. The maximum Gasteiger partial charge on any atom is 0.223 e. The molecule has 0 amide bonds. The number of anilines is 1. The summed E-state index contributed by atoms with van der Waals surface area (Å²) >= 11 is 0. The summed E-state index contributed by atoms with van der Waals surface area (Å²) in [5, 5.41) is 9.04. The van der Waals surface area contributed by atoms with Crippen LogP contribution >= 0.6 is 0 Å². The number of nitrogens with one attached hydrogen (secondary N) is 2. The van der Waals surface area contributed by atoms with Gasteiger partial charge in [0.25, 0.3) is 0 Å². The van der Waals surface area contributed by atoms with Crippen molar-refractivity contribution < 1.29 is 4.74 Å². The predicted octanol–water partition coefficient (Wildman–Crippen LogP) is 3.52. The first-order chi connectivity index (χ1) is 13.7. The summed E-state index contributed by atoms with van der Waals surface area (Å²) in [6.07, 6.45) is 7.51. The van der Waals surface area contributed by atoms with Crippen molar-refractivity contribution in [3.05, 3.63) is 43.0 Å². The summed E-state index contributed by atoms with van der Waals surface area (Å²) in [5.74, 6) is 0.567. The molecule has 4 aromatic rings. The molecule has 0 radical (unpaired) electrons. The highest BCUT2D eigenvalue weighted by Crippen LogP contribution is 2.32. The molecule has 28 heavy (non-hydrogen) atoms. The summed E-state index contributed by atoms with van der Waals surface area (Å²) in [4.78, 5) is 16.6. The zero-order valence-electron chi connectivity index (χ0n) is 16.2. The minimum atomic E-state index is 0.234. The number of hydrogen-bond donors (Lipinski definition) is 2. The molecule has 0 saturated heterocycles. The number of rotatable bonds is 7. The Bertz CT molecular complexity index is 1080. The van der Waals surface area contributed by atoms with E-state index in [-0.39, 0.29) is 6.04 Å². The summed E-state index contributed by atoms with van der Waals surface area (Å²) in [6.45, 7) is 5.44. The third-order valence-electron chi connectivity index (χ3n) is 4.46. The van der Waals surface area contributed by atoms with E-state index >= 15 is 0 Å². The first-order valence-corrected chi connectivity index (χ1v) is 9.24. The van der Waals surface area contributed by atoms with Crippen molar-refractivity contribution in [2.45, 2.75) is 19.9 Å². The van der Waals surface area contributed by atoms with Crippen LogP contribution in [-0.4, -0.2) is 50.0 Å². The molecule has 0 aliphatic rings. The van der Waals surface area contributed by atoms with Crippen LogP contribution in [0.1, 0.15) is 19.9 Å². The lowest BCUT2D eigenvalue weighted by Crippen LogP contribution is -2.10. The van der Waals surface area contributed by atoms with E-state index in [1.165, 1.54) is 0 Å². The number of methoxy groups -OCH3 is 1. The monoisotopic (exact) mass is 377 g/mol. The minimum Gasteiger partial charge on any atom is -0.383 e. The van der Waals surface area contributed by atoms with Crippen LogP contribution in [0, 0.1) is 0 Å². The molecule has 0 aliphatic carbocycles. The quantitative estimate of drug-likeness (QED) is 0.479. The zero-order valence-corrected chi connectivity index (χ0v) is 16.2. The SMILES string of the molecule is COCCNc1nccc(-c2cn(C(C)C)nc2-c2cnc3[nH]ccc3c2)n1. The van der Waals surface area contributed by atoms with E-state index in [9.17, 15) is 0 Å². The summed E-state index contributed by atoms with van der Waals surface area (Å²) < 4.78 is 7.02. The van der Waals surface area contributed by atoms with Crippen molar-refractivity contribution in [3.8, 4) is 22.5 Å². The fourth-order valence-corrected chi connectivity index (χ4v) is 2.98. The Morgan fingerprint density at radius 3 is 2.96 bits per heavy atom. The molecule has 0 spiro atoms. The van der Waals surface area contributed by atoms with Crippen LogP contribution in [0.5, 0.6) is 0 Å². The Labute approximate surface area is 163 Å². The van der Waals surface area contributed by atoms with Gasteiger partial charge in [-0.3, -0.25) is 4.68 Å². The highest BCUT2D eigenvalue weighted by molar-refractivity contribution is 5.85. The highest BCUT2D eigenvalue weighted by Gasteiger charge is 2.17. The second-order valence-corrected chi connectivity index (χ2v) is 6.79. The Hall–Kier alpha value is -3.26. The molecular formula is C20H23N7O. The number of aromatic nitrogens is 6. The van der Waals surface area contributed by atoms with Crippen LogP contribution in [-0.2, 0) is 4.74 Å². The van der Waals surface area contributed by atoms with Gasteiger partial charge in [-0.05, 0) is 32.0 Å². The first-order valence-electron chi connectivity index (χ1n) is 9.24. The van der Waals surface area contributed by atoms with E-state index in [1.54, 1.807) is 13.3 Å². The molecular weight excluding hydrogens is 354 g/mol. The van der Waals surface area contributed by atoms with Gasteiger partial charge in [-0.25, -0.2) is 15.0 Å². The molecule has 2 N–H and O–H groups in total. The topological polar surface area (TPSA) is 93.5 Å². The number of hydrogen-bond acceptors (Lipinski definition) is 6. The second-order valence-electron chi connectivity index (χ2n) is 6.79. The normalized spacial score (nSPS) is 11.4. The Morgan fingerprint density at radius 2 is 2.14 bits per heavy atom. The van der Waals surface area contributed by atoms with E-state index in [0.717, 1.165) is 33.5 Å². The van der Waals surface area contributed by atoms with Crippen molar-refractivity contribution in [3.63, 3.8) is 0 Å². The van der Waals surface area contributed by atoms with E-state index in [1.807, 2.05) is 35.4 Å². The van der Waals surface area contributed by atoms with Gasteiger partial charge in [-0.2, -0.15) is 5.10 Å². The first kappa shape index (κ1) is 18.1.